The number of halogens is 2. The summed E-state index contributed by atoms with van der Waals surface area (Å²) in [7, 11) is 0. The van der Waals surface area contributed by atoms with Gasteiger partial charge in [0.2, 0.25) is 0 Å². The molecule has 1 aliphatic rings. The normalized spacial score (nSPS) is 14.4. The monoisotopic (exact) mass is 366 g/mol. The van der Waals surface area contributed by atoms with Crippen molar-refractivity contribution in [3.05, 3.63) is 46.0 Å². The minimum Gasteiger partial charge on any atom is -0.336 e. The number of nitrogens with zero attached hydrogens (tertiary/aromatic N) is 2. The Balaban J connectivity index is 1.63. The van der Waals surface area contributed by atoms with Crippen molar-refractivity contribution in [2.75, 3.05) is 11.9 Å². The zero-order valence-electron chi connectivity index (χ0n) is 14.1. The van der Waals surface area contributed by atoms with E-state index in [0.29, 0.717) is 18.2 Å². The van der Waals surface area contributed by atoms with Crippen LogP contribution in [0.5, 0.6) is 0 Å². The van der Waals surface area contributed by atoms with Gasteiger partial charge in [0.15, 0.2) is 16.8 Å². The predicted octanol–water partition coefficient (Wildman–Crippen LogP) is 3.51. The van der Waals surface area contributed by atoms with E-state index < -0.39 is 11.6 Å². The molecule has 134 valence electrons. The van der Waals surface area contributed by atoms with Crippen LogP contribution < -0.4 is 10.6 Å². The van der Waals surface area contributed by atoms with Gasteiger partial charge in [-0.2, -0.15) is 0 Å². The van der Waals surface area contributed by atoms with Crippen LogP contribution in [-0.2, 0) is 19.5 Å². The van der Waals surface area contributed by atoms with Crippen molar-refractivity contribution >= 4 is 22.5 Å². The van der Waals surface area contributed by atoms with E-state index in [-0.39, 0.29) is 12.1 Å². The lowest BCUT2D eigenvalue weighted by Gasteiger charge is -2.25. The minimum absolute atomic E-state index is 0.0567. The molecule has 0 fully saturated rings. The quantitative estimate of drug-likeness (QED) is 0.871. The van der Waals surface area contributed by atoms with Gasteiger partial charge in [-0.25, -0.2) is 18.6 Å². The first kappa shape index (κ1) is 17.8. The molecule has 2 heterocycles. The molecule has 1 aromatic heterocycles. The second-order valence-electron chi connectivity index (χ2n) is 6.35. The Morgan fingerprint density at radius 1 is 1.36 bits per heavy atom. The van der Waals surface area contributed by atoms with Gasteiger partial charge in [-0.05, 0) is 31.5 Å². The van der Waals surface area contributed by atoms with Crippen molar-refractivity contribution in [2.45, 2.75) is 39.4 Å². The third-order valence-electron chi connectivity index (χ3n) is 3.84. The summed E-state index contributed by atoms with van der Waals surface area (Å²) in [4.78, 5) is 19.5. The van der Waals surface area contributed by atoms with E-state index in [0.717, 1.165) is 35.2 Å². The number of fused-ring (bicyclic) bond motifs is 1. The minimum atomic E-state index is -0.831. The molecule has 5 nitrogen and oxygen atoms in total. The van der Waals surface area contributed by atoms with Crippen molar-refractivity contribution in [1.82, 2.24) is 15.2 Å². The lowest BCUT2D eigenvalue weighted by atomic mass is 10.1. The third kappa shape index (κ3) is 4.52. The zero-order valence-corrected chi connectivity index (χ0v) is 14.9. The zero-order chi connectivity index (χ0) is 18.0. The highest BCUT2D eigenvalue weighted by Gasteiger charge is 2.21. The first-order valence-corrected chi connectivity index (χ1v) is 8.94. The van der Waals surface area contributed by atoms with E-state index in [4.69, 9.17) is 0 Å². The van der Waals surface area contributed by atoms with E-state index >= 15 is 0 Å². The molecular formula is C17H20F2N4OS. The summed E-state index contributed by atoms with van der Waals surface area (Å²) in [6.07, 6.45) is 0.767. The van der Waals surface area contributed by atoms with Crippen molar-refractivity contribution in [1.29, 1.82) is 0 Å². The molecule has 1 aromatic carbocycles. The summed E-state index contributed by atoms with van der Waals surface area (Å²) < 4.78 is 26.4. The molecule has 3 rings (SSSR count). The number of amides is 2. The summed E-state index contributed by atoms with van der Waals surface area (Å²) in [5, 5.41) is 6.10. The molecule has 0 aliphatic carbocycles. The molecule has 0 saturated heterocycles. The molecule has 0 unspecified atom stereocenters. The van der Waals surface area contributed by atoms with Crippen molar-refractivity contribution in [2.24, 2.45) is 0 Å². The summed E-state index contributed by atoms with van der Waals surface area (Å²) in [6, 6.07) is 3.79. The average molecular weight is 366 g/mol. The molecule has 8 heteroatoms. The van der Waals surface area contributed by atoms with Crippen LogP contribution in [0.3, 0.4) is 0 Å². The van der Waals surface area contributed by atoms with Gasteiger partial charge in [-0.3, -0.25) is 10.2 Å². The van der Waals surface area contributed by atoms with Gasteiger partial charge in [0, 0.05) is 37.0 Å². The number of hydrogen-bond acceptors (Lipinski definition) is 4. The highest BCUT2D eigenvalue weighted by atomic mass is 32.1. The number of benzene rings is 1. The SMILES string of the molecule is CC(C)NC(=O)Nc1nc2c(s1)CN(Cc1ccc(F)c(F)c1)CC2. The number of carbonyl (C=O) groups is 1. The van der Waals surface area contributed by atoms with Crippen LogP contribution in [-0.4, -0.2) is 28.5 Å². The third-order valence-corrected chi connectivity index (χ3v) is 4.84. The largest absolute Gasteiger partial charge is 0.336 e. The van der Waals surface area contributed by atoms with Crippen LogP contribution in [0.25, 0.3) is 0 Å². The van der Waals surface area contributed by atoms with E-state index in [2.05, 4.69) is 20.5 Å². The number of rotatable bonds is 4. The molecule has 2 amide bonds. The number of aromatic nitrogens is 1. The maximum absolute atomic E-state index is 13.3. The van der Waals surface area contributed by atoms with Crippen LogP contribution in [0.1, 0.15) is 30.0 Å². The van der Waals surface area contributed by atoms with Crippen LogP contribution in [0.4, 0.5) is 18.7 Å². The number of urea groups is 1. The van der Waals surface area contributed by atoms with Crippen molar-refractivity contribution < 1.29 is 13.6 Å². The van der Waals surface area contributed by atoms with Crippen molar-refractivity contribution in [3.63, 3.8) is 0 Å². The van der Waals surface area contributed by atoms with E-state index in [1.807, 2.05) is 13.8 Å². The van der Waals surface area contributed by atoms with E-state index in [1.54, 1.807) is 6.07 Å². The Labute approximate surface area is 149 Å². The Hall–Kier alpha value is -2.06. The number of nitrogens with one attached hydrogen (secondary N) is 2. The number of thiazole rings is 1. The molecule has 0 bridgehead atoms. The lowest BCUT2D eigenvalue weighted by Crippen LogP contribution is -2.34. The van der Waals surface area contributed by atoms with Gasteiger partial charge in [0.1, 0.15) is 0 Å². The maximum Gasteiger partial charge on any atom is 0.321 e. The molecular weight excluding hydrogens is 346 g/mol. The van der Waals surface area contributed by atoms with Gasteiger partial charge in [0.25, 0.3) is 0 Å². The van der Waals surface area contributed by atoms with Crippen molar-refractivity contribution in [3.8, 4) is 0 Å². The number of anilines is 1. The van der Waals surface area contributed by atoms with Gasteiger partial charge in [-0.15, -0.1) is 11.3 Å². The van der Waals surface area contributed by atoms with E-state index in [1.165, 1.54) is 17.4 Å². The highest BCUT2D eigenvalue weighted by Crippen LogP contribution is 2.29. The van der Waals surface area contributed by atoms with Gasteiger partial charge >= 0.3 is 6.03 Å². The molecule has 0 saturated carbocycles. The molecule has 25 heavy (non-hydrogen) atoms. The Morgan fingerprint density at radius 2 is 2.16 bits per heavy atom. The smallest absolute Gasteiger partial charge is 0.321 e. The Morgan fingerprint density at radius 3 is 2.88 bits per heavy atom. The van der Waals surface area contributed by atoms with Crippen LogP contribution in [0.2, 0.25) is 0 Å². The highest BCUT2D eigenvalue weighted by molar-refractivity contribution is 7.15. The van der Waals surface area contributed by atoms with Crippen LogP contribution >= 0.6 is 11.3 Å². The topological polar surface area (TPSA) is 57.3 Å². The summed E-state index contributed by atoms with van der Waals surface area (Å²) in [6.45, 7) is 5.79. The fourth-order valence-electron chi connectivity index (χ4n) is 2.73. The fraction of sp³-hybridized carbons (Fsp3) is 0.412. The first-order chi connectivity index (χ1) is 11.9. The fourth-order valence-corrected chi connectivity index (χ4v) is 3.77. The second kappa shape index (κ2) is 7.45. The number of carbonyl (C=O) groups excluding carboxylic acids is 1. The maximum atomic E-state index is 13.3. The van der Waals surface area contributed by atoms with Gasteiger partial charge < -0.3 is 5.32 Å². The lowest BCUT2D eigenvalue weighted by molar-refractivity contribution is 0.246. The molecule has 2 aromatic rings. The molecule has 0 atom stereocenters. The summed E-state index contributed by atoms with van der Waals surface area (Å²) >= 11 is 1.45. The average Bonchev–Trinajstić information content (AvgIpc) is 2.91. The summed E-state index contributed by atoms with van der Waals surface area (Å²) in [5.41, 5.74) is 1.73. The summed E-state index contributed by atoms with van der Waals surface area (Å²) in [5.74, 6) is -1.65. The molecule has 2 N–H and O–H groups in total. The number of hydrogen-bond donors (Lipinski definition) is 2. The standard InChI is InChI=1S/C17H20F2N4OS/c1-10(2)20-16(24)22-17-21-14-5-6-23(9-15(14)25-17)8-11-3-4-12(18)13(19)7-11/h3-4,7,10H,5-6,8-9H2,1-2H3,(H2,20,21,22,24). The second-order valence-corrected chi connectivity index (χ2v) is 7.43. The van der Waals surface area contributed by atoms with E-state index in [9.17, 15) is 13.6 Å². The van der Waals surface area contributed by atoms with Gasteiger partial charge in [-0.1, -0.05) is 6.07 Å². The van der Waals surface area contributed by atoms with Crippen LogP contribution in [0.15, 0.2) is 18.2 Å². The first-order valence-electron chi connectivity index (χ1n) is 8.13. The van der Waals surface area contributed by atoms with Gasteiger partial charge in [0.05, 0.1) is 5.69 Å². The predicted molar refractivity (Wildman–Crippen MR) is 93.6 cm³/mol. The Bertz CT molecular complexity index is 778. The molecule has 0 radical (unpaired) electrons. The Kier molecular flexibility index (Phi) is 5.29. The molecule has 1 aliphatic heterocycles. The molecule has 0 spiro atoms. The van der Waals surface area contributed by atoms with Crippen LogP contribution in [0, 0.1) is 11.6 Å².